The monoisotopic (exact) mass is 319 g/mol. The van der Waals surface area contributed by atoms with Crippen LogP contribution in [0.3, 0.4) is 0 Å². The summed E-state index contributed by atoms with van der Waals surface area (Å²) in [5.41, 5.74) is 7.44. The predicted octanol–water partition coefficient (Wildman–Crippen LogP) is 3.07. The molecule has 5 nitrogen and oxygen atoms in total. The van der Waals surface area contributed by atoms with Crippen molar-refractivity contribution in [3.8, 4) is 0 Å². The first-order chi connectivity index (χ1) is 10.8. The molecule has 0 heterocycles. The topological polar surface area (TPSA) is 84.2 Å². The standard InChI is InChI=1S/C18H29N3O2/c1-6-12(4)14-7-9-15(10-8-14)16(11(2)3)20-13(5)17(22)21-18(19)23/h7-13,16,20H,6H2,1-5H3,(H3,19,21,22,23)/t12-,13-,16-/m0/s1. The summed E-state index contributed by atoms with van der Waals surface area (Å²) in [6.45, 7) is 10.3. The van der Waals surface area contributed by atoms with Gasteiger partial charge in [0.2, 0.25) is 5.91 Å². The summed E-state index contributed by atoms with van der Waals surface area (Å²) in [4.78, 5) is 22.6. The van der Waals surface area contributed by atoms with Gasteiger partial charge in [-0.25, -0.2) is 4.79 Å². The molecule has 4 N–H and O–H groups in total. The molecule has 0 aliphatic carbocycles. The van der Waals surface area contributed by atoms with E-state index in [1.54, 1.807) is 6.92 Å². The van der Waals surface area contributed by atoms with Crippen molar-refractivity contribution in [2.45, 2.75) is 59.0 Å². The molecule has 0 radical (unpaired) electrons. The molecule has 1 rings (SSSR count). The van der Waals surface area contributed by atoms with Gasteiger partial charge in [0.1, 0.15) is 0 Å². The molecular formula is C18H29N3O2. The maximum atomic E-state index is 11.9. The molecule has 0 aliphatic heterocycles. The van der Waals surface area contributed by atoms with Crippen LogP contribution < -0.4 is 16.4 Å². The number of nitrogens with one attached hydrogen (secondary N) is 2. The van der Waals surface area contributed by atoms with Crippen molar-refractivity contribution >= 4 is 11.9 Å². The third kappa shape index (κ3) is 5.67. The van der Waals surface area contributed by atoms with Gasteiger partial charge in [-0.2, -0.15) is 0 Å². The molecule has 0 aromatic heterocycles. The van der Waals surface area contributed by atoms with Gasteiger partial charge in [0.05, 0.1) is 6.04 Å². The van der Waals surface area contributed by atoms with E-state index in [1.165, 1.54) is 5.56 Å². The van der Waals surface area contributed by atoms with Gasteiger partial charge < -0.3 is 5.73 Å². The first-order valence-corrected chi connectivity index (χ1v) is 8.22. The molecule has 3 atom stereocenters. The Hall–Kier alpha value is -1.88. The minimum absolute atomic E-state index is 0.0228. The minimum atomic E-state index is -0.831. The number of imide groups is 1. The second-order valence-electron chi connectivity index (χ2n) is 6.44. The highest BCUT2D eigenvalue weighted by atomic mass is 16.2. The smallest absolute Gasteiger partial charge is 0.318 e. The second-order valence-corrected chi connectivity index (χ2v) is 6.44. The summed E-state index contributed by atoms with van der Waals surface area (Å²) in [6.07, 6.45) is 1.11. The van der Waals surface area contributed by atoms with Gasteiger partial charge in [0.25, 0.3) is 0 Å². The van der Waals surface area contributed by atoms with Crippen molar-refractivity contribution in [2.75, 3.05) is 0 Å². The van der Waals surface area contributed by atoms with Crippen molar-refractivity contribution < 1.29 is 9.59 Å². The van der Waals surface area contributed by atoms with Gasteiger partial charge in [-0.3, -0.25) is 15.4 Å². The zero-order valence-electron chi connectivity index (χ0n) is 14.7. The van der Waals surface area contributed by atoms with Crippen LogP contribution >= 0.6 is 0 Å². The van der Waals surface area contributed by atoms with Gasteiger partial charge in [0.15, 0.2) is 0 Å². The van der Waals surface area contributed by atoms with Gasteiger partial charge in [-0.15, -0.1) is 0 Å². The fourth-order valence-corrected chi connectivity index (χ4v) is 2.52. The third-order valence-electron chi connectivity index (χ3n) is 4.21. The van der Waals surface area contributed by atoms with Crippen LogP contribution in [0.25, 0.3) is 0 Å². The summed E-state index contributed by atoms with van der Waals surface area (Å²) in [5.74, 6) is 0.419. The first-order valence-electron chi connectivity index (χ1n) is 8.22. The van der Waals surface area contributed by atoms with E-state index >= 15 is 0 Å². The Bertz CT molecular complexity index is 526. The van der Waals surface area contributed by atoms with Crippen LogP contribution in [0.2, 0.25) is 0 Å². The van der Waals surface area contributed by atoms with E-state index in [9.17, 15) is 9.59 Å². The molecule has 0 bridgehead atoms. The molecule has 0 unspecified atom stereocenters. The molecule has 128 valence electrons. The average molecular weight is 319 g/mol. The SMILES string of the molecule is CC[C@H](C)c1ccc([C@@H](N[C@@H](C)C(=O)NC(N)=O)C(C)C)cc1. The molecule has 0 fully saturated rings. The summed E-state index contributed by atoms with van der Waals surface area (Å²) >= 11 is 0. The number of primary amides is 1. The highest BCUT2D eigenvalue weighted by Gasteiger charge is 2.22. The number of hydrogen-bond donors (Lipinski definition) is 3. The maximum Gasteiger partial charge on any atom is 0.318 e. The van der Waals surface area contributed by atoms with E-state index in [0.717, 1.165) is 12.0 Å². The molecule has 0 saturated heterocycles. The number of amides is 3. The van der Waals surface area contributed by atoms with Crippen molar-refractivity contribution in [1.82, 2.24) is 10.6 Å². The van der Waals surface area contributed by atoms with Crippen molar-refractivity contribution in [3.63, 3.8) is 0 Å². The van der Waals surface area contributed by atoms with E-state index in [2.05, 4.69) is 62.6 Å². The fourth-order valence-electron chi connectivity index (χ4n) is 2.52. The number of carbonyl (C=O) groups excluding carboxylic acids is 2. The summed E-state index contributed by atoms with van der Waals surface area (Å²) in [6, 6.07) is 7.19. The van der Waals surface area contributed by atoms with Crippen LogP contribution in [0.1, 0.15) is 64.1 Å². The van der Waals surface area contributed by atoms with Crippen LogP contribution in [0.5, 0.6) is 0 Å². The van der Waals surface area contributed by atoms with Crippen molar-refractivity contribution in [2.24, 2.45) is 11.7 Å². The fraction of sp³-hybridized carbons (Fsp3) is 0.556. The Morgan fingerprint density at radius 2 is 1.57 bits per heavy atom. The lowest BCUT2D eigenvalue weighted by molar-refractivity contribution is -0.121. The van der Waals surface area contributed by atoms with E-state index in [1.807, 2.05) is 0 Å². The Morgan fingerprint density at radius 1 is 1.04 bits per heavy atom. The molecule has 1 aromatic carbocycles. The Morgan fingerprint density at radius 3 is 2.00 bits per heavy atom. The molecule has 1 aromatic rings. The molecule has 0 saturated carbocycles. The number of urea groups is 1. The van der Waals surface area contributed by atoms with Crippen LogP contribution in [-0.4, -0.2) is 18.0 Å². The van der Waals surface area contributed by atoms with Crippen molar-refractivity contribution in [3.05, 3.63) is 35.4 Å². The molecule has 5 heteroatoms. The lowest BCUT2D eigenvalue weighted by Gasteiger charge is -2.26. The molecule has 3 amide bonds. The normalized spacial score (nSPS) is 15.0. The molecule has 0 aliphatic rings. The Labute approximate surface area is 139 Å². The van der Waals surface area contributed by atoms with E-state index in [0.29, 0.717) is 11.8 Å². The largest absolute Gasteiger partial charge is 0.351 e. The second kappa shape index (κ2) is 8.67. The van der Waals surface area contributed by atoms with Gasteiger partial charge >= 0.3 is 6.03 Å². The summed E-state index contributed by atoms with van der Waals surface area (Å²) in [7, 11) is 0. The van der Waals surface area contributed by atoms with Gasteiger partial charge in [-0.1, -0.05) is 52.0 Å². The number of hydrogen-bond acceptors (Lipinski definition) is 3. The highest BCUT2D eigenvalue weighted by molar-refractivity contribution is 5.96. The number of carbonyl (C=O) groups is 2. The molecule has 23 heavy (non-hydrogen) atoms. The zero-order valence-corrected chi connectivity index (χ0v) is 14.7. The number of rotatable bonds is 7. The van der Waals surface area contributed by atoms with Crippen LogP contribution in [0.4, 0.5) is 4.79 Å². The quantitative estimate of drug-likeness (QED) is 0.722. The van der Waals surface area contributed by atoms with Crippen LogP contribution in [0, 0.1) is 5.92 Å². The number of nitrogens with two attached hydrogens (primary N) is 1. The molecule has 0 spiro atoms. The van der Waals surface area contributed by atoms with Crippen LogP contribution in [-0.2, 0) is 4.79 Å². The Kier molecular flexibility index (Phi) is 7.23. The van der Waals surface area contributed by atoms with E-state index in [-0.39, 0.29) is 6.04 Å². The van der Waals surface area contributed by atoms with E-state index in [4.69, 9.17) is 5.73 Å². The average Bonchev–Trinajstić information content (AvgIpc) is 2.50. The maximum absolute atomic E-state index is 11.9. The van der Waals surface area contributed by atoms with Gasteiger partial charge in [-0.05, 0) is 36.3 Å². The summed E-state index contributed by atoms with van der Waals surface area (Å²) in [5, 5.41) is 5.39. The lowest BCUT2D eigenvalue weighted by atomic mass is 9.91. The summed E-state index contributed by atoms with van der Waals surface area (Å²) < 4.78 is 0. The number of benzene rings is 1. The predicted molar refractivity (Wildman–Crippen MR) is 93.1 cm³/mol. The zero-order chi connectivity index (χ0) is 17.6. The van der Waals surface area contributed by atoms with Crippen molar-refractivity contribution in [1.29, 1.82) is 0 Å². The molecular weight excluding hydrogens is 290 g/mol. The minimum Gasteiger partial charge on any atom is -0.351 e. The highest BCUT2D eigenvalue weighted by Crippen LogP contribution is 2.25. The van der Waals surface area contributed by atoms with Crippen LogP contribution in [0.15, 0.2) is 24.3 Å². The first kappa shape index (κ1) is 19.2. The van der Waals surface area contributed by atoms with Gasteiger partial charge in [0, 0.05) is 6.04 Å². The Balaban J connectivity index is 2.86. The lowest BCUT2D eigenvalue weighted by Crippen LogP contribution is -2.48. The third-order valence-corrected chi connectivity index (χ3v) is 4.21. The van der Waals surface area contributed by atoms with E-state index < -0.39 is 18.0 Å².